The van der Waals surface area contributed by atoms with Crippen LogP contribution in [0.4, 0.5) is 13.2 Å². The highest BCUT2D eigenvalue weighted by Crippen LogP contribution is 2.22. The van der Waals surface area contributed by atoms with Crippen LogP contribution in [0.15, 0.2) is 12.1 Å². The lowest BCUT2D eigenvalue weighted by Crippen LogP contribution is -2.46. The molecule has 0 aromatic heterocycles. The van der Waals surface area contributed by atoms with Crippen LogP contribution in [0.2, 0.25) is 6.04 Å². The second kappa shape index (κ2) is 7.39. The summed E-state index contributed by atoms with van der Waals surface area (Å²) >= 11 is 0. The zero-order chi connectivity index (χ0) is 16.2. The van der Waals surface area contributed by atoms with Crippen LogP contribution in [-0.2, 0) is 15.3 Å². The van der Waals surface area contributed by atoms with Crippen LogP contribution in [0, 0.1) is 17.5 Å². The van der Waals surface area contributed by atoms with Crippen molar-refractivity contribution in [2.24, 2.45) is 0 Å². The van der Waals surface area contributed by atoms with Crippen molar-refractivity contribution < 1.29 is 26.8 Å². The lowest BCUT2D eigenvalue weighted by molar-refractivity contribution is 0.0478. The van der Waals surface area contributed by atoms with E-state index in [9.17, 15) is 18.0 Å². The SMILES string of the molecule is CC(C)O[Si](O)(CCc1c(F)cc(F)cc1F)OC(C)C. The van der Waals surface area contributed by atoms with Gasteiger partial charge in [0.05, 0.1) is 0 Å². The highest BCUT2D eigenvalue weighted by Gasteiger charge is 2.39. The van der Waals surface area contributed by atoms with E-state index in [4.69, 9.17) is 8.85 Å². The van der Waals surface area contributed by atoms with E-state index in [0.717, 1.165) is 0 Å². The molecule has 0 atom stereocenters. The normalized spacial score (nSPS) is 12.5. The summed E-state index contributed by atoms with van der Waals surface area (Å²) in [6.45, 7) is 6.95. The van der Waals surface area contributed by atoms with Gasteiger partial charge in [-0.1, -0.05) is 0 Å². The topological polar surface area (TPSA) is 38.7 Å². The average molecular weight is 322 g/mol. The summed E-state index contributed by atoms with van der Waals surface area (Å²) < 4.78 is 50.9. The van der Waals surface area contributed by atoms with Crippen LogP contribution in [0.5, 0.6) is 0 Å². The van der Waals surface area contributed by atoms with Crippen molar-refractivity contribution in [2.45, 2.75) is 52.4 Å². The largest absolute Gasteiger partial charge is 0.499 e. The maximum atomic E-state index is 13.6. The van der Waals surface area contributed by atoms with Gasteiger partial charge < -0.3 is 13.6 Å². The summed E-state index contributed by atoms with van der Waals surface area (Å²) in [5, 5.41) is 0. The van der Waals surface area contributed by atoms with Crippen molar-refractivity contribution in [3.63, 3.8) is 0 Å². The molecule has 3 nitrogen and oxygen atoms in total. The Hall–Kier alpha value is -0.893. The molecule has 0 saturated heterocycles. The Morgan fingerprint density at radius 3 is 1.81 bits per heavy atom. The van der Waals surface area contributed by atoms with Crippen molar-refractivity contribution in [1.82, 2.24) is 0 Å². The third-order valence-corrected chi connectivity index (χ3v) is 5.20. The van der Waals surface area contributed by atoms with Gasteiger partial charge in [0.2, 0.25) is 0 Å². The molecular formula is C14H21F3O3Si. The molecule has 1 aromatic rings. The van der Waals surface area contributed by atoms with E-state index in [2.05, 4.69) is 0 Å². The van der Waals surface area contributed by atoms with Gasteiger partial charge in [0.1, 0.15) is 17.5 Å². The minimum Gasteiger partial charge on any atom is -0.390 e. The molecule has 0 aliphatic heterocycles. The van der Waals surface area contributed by atoms with E-state index in [1.165, 1.54) is 0 Å². The van der Waals surface area contributed by atoms with Gasteiger partial charge >= 0.3 is 8.80 Å². The molecule has 1 rings (SSSR count). The Morgan fingerprint density at radius 2 is 1.43 bits per heavy atom. The first-order valence-electron chi connectivity index (χ1n) is 6.84. The van der Waals surface area contributed by atoms with E-state index < -0.39 is 26.3 Å². The fourth-order valence-electron chi connectivity index (χ4n) is 1.98. The molecule has 0 unspecified atom stereocenters. The highest BCUT2D eigenvalue weighted by molar-refractivity contribution is 6.59. The first kappa shape index (κ1) is 18.2. The number of benzene rings is 1. The molecule has 0 saturated carbocycles. The number of rotatable bonds is 7. The van der Waals surface area contributed by atoms with Gasteiger partial charge in [0.15, 0.2) is 0 Å². The molecule has 0 amide bonds. The Balaban J connectivity index is 2.86. The van der Waals surface area contributed by atoms with Crippen LogP contribution in [-0.4, -0.2) is 25.8 Å². The Kier molecular flexibility index (Phi) is 6.39. The zero-order valence-corrected chi connectivity index (χ0v) is 13.6. The molecule has 120 valence electrons. The third kappa shape index (κ3) is 5.78. The van der Waals surface area contributed by atoms with Crippen LogP contribution in [0.3, 0.4) is 0 Å². The Morgan fingerprint density at radius 1 is 1.00 bits per heavy atom. The molecule has 0 spiro atoms. The third-order valence-electron chi connectivity index (χ3n) is 2.64. The monoisotopic (exact) mass is 322 g/mol. The maximum Gasteiger partial charge on any atom is 0.499 e. The van der Waals surface area contributed by atoms with Gasteiger partial charge in [-0.2, -0.15) is 0 Å². The Bertz CT molecular complexity index is 448. The molecule has 21 heavy (non-hydrogen) atoms. The van der Waals surface area contributed by atoms with Crippen LogP contribution >= 0.6 is 0 Å². The molecule has 7 heteroatoms. The van der Waals surface area contributed by atoms with Gasteiger partial charge in [0.25, 0.3) is 0 Å². The van der Waals surface area contributed by atoms with E-state index in [-0.39, 0.29) is 30.2 Å². The number of hydrogen-bond donors (Lipinski definition) is 1. The predicted octanol–water partition coefficient (Wildman–Crippen LogP) is 3.43. The molecule has 0 radical (unpaired) electrons. The van der Waals surface area contributed by atoms with E-state index in [0.29, 0.717) is 12.1 Å². The van der Waals surface area contributed by atoms with Gasteiger partial charge in [-0.3, -0.25) is 0 Å². The summed E-state index contributed by atoms with van der Waals surface area (Å²) in [4.78, 5) is 10.4. The predicted molar refractivity (Wildman–Crippen MR) is 75.2 cm³/mol. The van der Waals surface area contributed by atoms with Crippen molar-refractivity contribution >= 4 is 8.80 Å². The van der Waals surface area contributed by atoms with Crippen molar-refractivity contribution in [3.8, 4) is 0 Å². The quantitative estimate of drug-likeness (QED) is 0.782. The van der Waals surface area contributed by atoms with E-state index in [1.54, 1.807) is 27.7 Å². The molecule has 1 aromatic carbocycles. The molecular weight excluding hydrogens is 301 g/mol. The first-order chi connectivity index (χ1) is 9.63. The van der Waals surface area contributed by atoms with Gasteiger partial charge in [0, 0.05) is 35.9 Å². The fourth-order valence-corrected chi connectivity index (χ4v) is 4.31. The smallest absolute Gasteiger partial charge is 0.390 e. The molecule has 0 aliphatic carbocycles. The number of halogens is 3. The van der Waals surface area contributed by atoms with Crippen LogP contribution < -0.4 is 0 Å². The van der Waals surface area contributed by atoms with Crippen molar-refractivity contribution in [1.29, 1.82) is 0 Å². The summed E-state index contributed by atoms with van der Waals surface area (Å²) in [5.74, 6) is -2.92. The minimum atomic E-state index is -3.54. The summed E-state index contributed by atoms with van der Waals surface area (Å²) in [7, 11) is -3.54. The van der Waals surface area contributed by atoms with E-state index in [1.807, 2.05) is 0 Å². The fraction of sp³-hybridized carbons (Fsp3) is 0.571. The summed E-state index contributed by atoms with van der Waals surface area (Å²) in [6, 6.07) is 1.19. The van der Waals surface area contributed by atoms with Crippen LogP contribution in [0.25, 0.3) is 0 Å². The second-order valence-electron chi connectivity index (χ2n) is 5.39. The lowest BCUT2D eigenvalue weighted by Gasteiger charge is -2.28. The summed E-state index contributed by atoms with van der Waals surface area (Å²) in [5.41, 5.74) is -0.276. The average Bonchev–Trinajstić information content (AvgIpc) is 2.24. The maximum absolute atomic E-state index is 13.6. The lowest BCUT2D eigenvalue weighted by atomic mass is 10.1. The Labute approximate surface area is 124 Å². The van der Waals surface area contributed by atoms with E-state index >= 15 is 0 Å². The van der Waals surface area contributed by atoms with Gasteiger partial charge in [-0.05, 0) is 34.1 Å². The molecule has 0 aliphatic rings. The first-order valence-corrected chi connectivity index (χ1v) is 8.81. The van der Waals surface area contributed by atoms with Gasteiger partial charge in [-0.25, -0.2) is 13.2 Å². The molecule has 0 fully saturated rings. The minimum absolute atomic E-state index is 0.0389. The van der Waals surface area contributed by atoms with Crippen molar-refractivity contribution in [3.05, 3.63) is 35.1 Å². The summed E-state index contributed by atoms with van der Waals surface area (Å²) in [6.07, 6.45) is -0.674. The highest BCUT2D eigenvalue weighted by atomic mass is 28.4. The number of hydrogen-bond acceptors (Lipinski definition) is 3. The standard InChI is InChI=1S/C14H21F3O3Si/c1-9(2)19-21(18,20-10(3)4)6-5-12-13(16)7-11(15)8-14(12)17/h7-10,18H,5-6H2,1-4H3. The molecule has 0 bridgehead atoms. The zero-order valence-electron chi connectivity index (χ0n) is 12.6. The second-order valence-corrected chi connectivity index (χ2v) is 7.79. The van der Waals surface area contributed by atoms with Gasteiger partial charge in [-0.15, -0.1) is 0 Å². The molecule has 0 heterocycles. The molecule has 1 N–H and O–H groups in total. The van der Waals surface area contributed by atoms with Crippen LogP contribution in [0.1, 0.15) is 33.3 Å². The van der Waals surface area contributed by atoms with Crippen molar-refractivity contribution in [2.75, 3.05) is 0 Å².